The monoisotopic (exact) mass is 277 g/mol. The molecule has 0 aromatic heterocycles. The minimum absolute atomic E-state index is 0.0720. The zero-order valence-electron chi connectivity index (χ0n) is 11.5. The fraction of sp³-hybridized carbons (Fsp3) is 0.467. The number of carboxylic acid groups (broad SMARTS) is 1. The largest absolute Gasteiger partial charge is 0.497 e. The third-order valence-corrected chi connectivity index (χ3v) is 3.95. The molecule has 1 saturated heterocycles. The number of aldehydes is 1. The van der Waals surface area contributed by atoms with Gasteiger partial charge in [0, 0.05) is 19.0 Å². The van der Waals surface area contributed by atoms with Crippen LogP contribution >= 0.6 is 0 Å². The maximum atomic E-state index is 11.3. The van der Waals surface area contributed by atoms with E-state index >= 15 is 0 Å². The molecule has 0 radical (unpaired) electrons. The van der Waals surface area contributed by atoms with Crippen molar-refractivity contribution >= 4 is 12.4 Å². The SMILES string of the molecule is COc1ccc([C@H]2CCN(C(=O)O)CC[C@@H]2C=O)cc1. The molecule has 5 heteroatoms. The van der Waals surface area contributed by atoms with Gasteiger partial charge in [-0.1, -0.05) is 12.1 Å². The third-order valence-electron chi connectivity index (χ3n) is 3.95. The molecule has 1 amide bonds. The zero-order valence-corrected chi connectivity index (χ0v) is 11.5. The molecule has 108 valence electrons. The first-order chi connectivity index (χ1) is 9.65. The Kier molecular flexibility index (Phi) is 4.61. The molecule has 0 unspecified atom stereocenters. The second kappa shape index (κ2) is 6.41. The van der Waals surface area contributed by atoms with Gasteiger partial charge < -0.3 is 19.5 Å². The summed E-state index contributed by atoms with van der Waals surface area (Å²) in [7, 11) is 1.61. The highest BCUT2D eigenvalue weighted by Crippen LogP contribution is 2.33. The van der Waals surface area contributed by atoms with Crippen LogP contribution in [0.5, 0.6) is 5.75 Å². The highest BCUT2D eigenvalue weighted by atomic mass is 16.5. The van der Waals surface area contributed by atoms with Crippen LogP contribution in [-0.4, -0.2) is 42.6 Å². The molecular formula is C15H19NO4. The van der Waals surface area contributed by atoms with E-state index in [0.29, 0.717) is 25.9 Å². The summed E-state index contributed by atoms with van der Waals surface area (Å²) in [6.45, 7) is 0.891. The van der Waals surface area contributed by atoms with Crippen LogP contribution in [0.25, 0.3) is 0 Å². The Morgan fingerprint density at radius 2 is 1.95 bits per heavy atom. The van der Waals surface area contributed by atoms with Gasteiger partial charge in [0.05, 0.1) is 7.11 Å². The number of carbonyl (C=O) groups is 2. The lowest BCUT2D eigenvalue weighted by Crippen LogP contribution is -2.30. The zero-order chi connectivity index (χ0) is 14.5. The van der Waals surface area contributed by atoms with Crippen molar-refractivity contribution in [2.75, 3.05) is 20.2 Å². The van der Waals surface area contributed by atoms with E-state index in [0.717, 1.165) is 17.6 Å². The summed E-state index contributed by atoms with van der Waals surface area (Å²) in [6, 6.07) is 7.65. The second-order valence-electron chi connectivity index (χ2n) is 5.03. The summed E-state index contributed by atoms with van der Waals surface area (Å²) in [5, 5.41) is 9.07. The van der Waals surface area contributed by atoms with E-state index in [1.54, 1.807) is 7.11 Å². The molecule has 2 atom stereocenters. The molecular weight excluding hydrogens is 258 g/mol. The van der Waals surface area contributed by atoms with E-state index in [2.05, 4.69) is 0 Å². The Labute approximate surface area is 118 Å². The molecule has 0 spiro atoms. The number of rotatable bonds is 3. The third kappa shape index (κ3) is 3.10. The van der Waals surface area contributed by atoms with Crippen LogP contribution < -0.4 is 4.74 Å². The van der Waals surface area contributed by atoms with Crippen LogP contribution in [0.2, 0.25) is 0 Å². The summed E-state index contributed by atoms with van der Waals surface area (Å²) < 4.78 is 5.13. The molecule has 0 saturated carbocycles. The van der Waals surface area contributed by atoms with E-state index in [1.165, 1.54) is 4.90 Å². The van der Waals surface area contributed by atoms with Crippen molar-refractivity contribution in [3.05, 3.63) is 29.8 Å². The summed E-state index contributed by atoms with van der Waals surface area (Å²) in [5.74, 6) is 0.715. The van der Waals surface area contributed by atoms with Crippen LogP contribution in [-0.2, 0) is 4.79 Å². The van der Waals surface area contributed by atoms with E-state index < -0.39 is 6.09 Å². The number of likely N-dealkylation sites (tertiary alicyclic amines) is 1. The number of carbonyl (C=O) groups excluding carboxylic acids is 1. The molecule has 1 fully saturated rings. The lowest BCUT2D eigenvalue weighted by Gasteiger charge is -2.20. The van der Waals surface area contributed by atoms with E-state index in [1.807, 2.05) is 24.3 Å². The Morgan fingerprint density at radius 3 is 2.50 bits per heavy atom. The minimum atomic E-state index is -0.912. The van der Waals surface area contributed by atoms with Gasteiger partial charge >= 0.3 is 6.09 Å². The number of ether oxygens (including phenoxy) is 1. The Hall–Kier alpha value is -2.04. The van der Waals surface area contributed by atoms with Crippen LogP contribution in [0.15, 0.2) is 24.3 Å². The van der Waals surface area contributed by atoms with Gasteiger partial charge in [-0.25, -0.2) is 4.79 Å². The minimum Gasteiger partial charge on any atom is -0.497 e. The average Bonchev–Trinajstić information content (AvgIpc) is 2.69. The normalized spacial score (nSPS) is 22.9. The van der Waals surface area contributed by atoms with Crippen molar-refractivity contribution in [3.8, 4) is 5.75 Å². The maximum absolute atomic E-state index is 11.3. The van der Waals surface area contributed by atoms with Crippen molar-refractivity contribution in [1.29, 1.82) is 0 Å². The van der Waals surface area contributed by atoms with Crippen molar-refractivity contribution in [1.82, 2.24) is 4.90 Å². The summed E-state index contributed by atoms with van der Waals surface area (Å²) in [4.78, 5) is 23.7. The predicted molar refractivity (Wildman–Crippen MR) is 74.1 cm³/mol. The fourth-order valence-corrected chi connectivity index (χ4v) is 2.75. The molecule has 5 nitrogen and oxygen atoms in total. The maximum Gasteiger partial charge on any atom is 0.407 e. The predicted octanol–water partition coefficient (Wildman–Crippen LogP) is 2.37. The van der Waals surface area contributed by atoms with Gasteiger partial charge in [0.15, 0.2) is 0 Å². The highest BCUT2D eigenvalue weighted by molar-refractivity contribution is 5.65. The first-order valence-corrected chi connectivity index (χ1v) is 6.73. The number of benzene rings is 1. The van der Waals surface area contributed by atoms with Crippen LogP contribution in [0.4, 0.5) is 4.79 Å². The molecule has 1 aromatic rings. The van der Waals surface area contributed by atoms with Crippen molar-refractivity contribution in [2.45, 2.75) is 18.8 Å². The number of hydrogen-bond acceptors (Lipinski definition) is 3. The van der Waals surface area contributed by atoms with Crippen molar-refractivity contribution < 1.29 is 19.4 Å². The number of hydrogen-bond donors (Lipinski definition) is 1. The topological polar surface area (TPSA) is 66.8 Å². The number of methoxy groups -OCH3 is 1. The quantitative estimate of drug-likeness (QED) is 0.861. The lowest BCUT2D eigenvalue weighted by molar-refractivity contribution is -0.111. The Morgan fingerprint density at radius 1 is 1.30 bits per heavy atom. The number of amides is 1. The highest BCUT2D eigenvalue weighted by Gasteiger charge is 2.28. The fourth-order valence-electron chi connectivity index (χ4n) is 2.75. The second-order valence-corrected chi connectivity index (χ2v) is 5.03. The van der Waals surface area contributed by atoms with Gasteiger partial charge in [-0.2, -0.15) is 0 Å². The first-order valence-electron chi connectivity index (χ1n) is 6.73. The smallest absolute Gasteiger partial charge is 0.407 e. The van der Waals surface area contributed by atoms with Crippen LogP contribution in [0, 0.1) is 5.92 Å². The molecule has 1 N–H and O–H groups in total. The lowest BCUT2D eigenvalue weighted by atomic mass is 9.83. The van der Waals surface area contributed by atoms with E-state index in [9.17, 15) is 9.59 Å². The molecule has 1 aliphatic rings. The number of nitrogens with zero attached hydrogens (tertiary/aromatic N) is 1. The summed E-state index contributed by atoms with van der Waals surface area (Å²) >= 11 is 0. The van der Waals surface area contributed by atoms with E-state index in [4.69, 9.17) is 9.84 Å². The van der Waals surface area contributed by atoms with Crippen molar-refractivity contribution in [3.63, 3.8) is 0 Å². The van der Waals surface area contributed by atoms with Gasteiger partial charge in [0.25, 0.3) is 0 Å². The molecule has 20 heavy (non-hydrogen) atoms. The van der Waals surface area contributed by atoms with Gasteiger partial charge in [0.2, 0.25) is 0 Å². The molecule has 1 aromatic carbocycles. The molecule has 0 aliphatic carbocycles. The Bertz CT molecular complexity index is 471. The summed E-state index contributed by atoms with van der Waals surface area (Å²) in [6.07, 6.45) is 1.29. The average molecular weight is 277 g/mol. The Balaban J connectivity index is 2.18. The van der Waals surface area contributed by atoms with Gasteiger partial charge in [-0.15, -0.1) is 0 Å². The van der Waals surface area contributed by atoms with Gasteiger partial charge in [0.1, 0.15) is 12.0 Å². The molecule has 0 bridgehead atoms. The standard InChI is InChI=1S/C15H19NO4/c1-20-13-4-2-11(3-5-13)14-7-9-16(15(18)19)8-6-12(14)10-17/h2-5,10,12,14H,6-9H2,1H3,(H,18,19)/t12-,14-/m1/s1. The first kappa shape index (κ1) is 14.4. The van der Waals surface area contributed by atoms with Gasteiger partial charge in [-0.3, -0.25) is 0 Å². The van der Waals surface area contributed by atoms with Crippen LogP contribution in [0.3, 0.4) is 0 Å². The van der Waals surface area contributed by atoms with E-state index in [-0.39, 0.29) is 11.8 Å². The molecule has 2 rings (SSSR count). The van der Waals surface area contributed by atoms with Crippen molar-refractivity contribution in [2.24, 2.45) is 5.92 Å². The van der Waals surface area contributed by atoms with Crippen LogP contribution in [0.1, 0.15) is 24.3 Å². The summed E-state index contributed by atoms with van der Waals surface area (Å²) in [5.41, 5.74) is 1.06. The van der Waals surface area contributed by atoms with Gasteiger partial charge in [-0.05, 0) is 36.5 Å². The molecule has 1 aliphatic heterocycles. The molecule has 1 heterocycles.